The maximum atomic E-state index is 6.31. The first-order valence-corrected chi connectivity index (χ1v) is 7.79. The van der Waals surface area contributed by atoms with Crippen LogP contribution in [0.25, 0.3) is 0 Å². The lowest BCUT2D eigenvalue weighted by Crippen LogP contribution is -2.63. The predicted molar refractivity (Wildman–Crippen MR) is 82.3 cm³/mol. The molecule has 4 nitrogen and oxygen atoms in total. The third kappa shape index (κ3) is 2.46. The molecular formula is C17H25NO3. The van der Waals surface area contributed by atoms with Crippen molar-refractivity contribution in [2.24, 2.45) is 5.41 Å². The second-order valence-corrected chi connectivity index (χ2v) is 6.17. The molecule has 2 fully saturated rings. The van der Waals surface area contributed by atoms with Crippen LogP contribution in [-0.4, -0.2) is 33.4 Å². The van der Waals surface area contributed by atoms with E-state index >= 15 is 0 Å². The van der Waals surface area contributed by atoms with E-state index in [0.717, 1.165) is 23.7 Å². The van der Waals surface area contributed by atoms with Crippen molar-refractivity contribution in [1.82, 2.24) is 5.32 Å². The normalized spacial score (nSPS) is 26.4. The first-order chi connectivity index (χ1) is 10.2. The topological polar surface area (TPSA) is 39.7 Å². The summed E-state index contributed by atoms with van der Waals surface area (Å²) < 4.78 is 16.9. The van der Waals surface area contributed by atoms with E-state index < -0.39 is 0 Å². The van der Waals surface area contributed by atoms with Crippen LogP contribution in [0.15, 0.2) is 18.2 Å². The number of rotatable bonds is 5. The van der Waals surface area contributed by atoms with Crippen molar-refractivity contribution >= 4 is 0 Å². The largest absolute Gasteiger partial charge is 0.496 e. The van der Waals surface area contributed by atoms with Crippen LogP contribution in [-0.2, 0) is 0 Å². The molecule has 0 bridgehead atoms. The molecule has 1 aromatic carbocycles. The van der Waals surface area contributed by atoms with E-state index in [-0.39, 0.29) is 0 Å². The van der Waals surface area contributed by atoms with E-state index in [2.05, 4.69) is 12.4 Å². The van der Waals surface area contributed by atoms with Gasteiger partial charge in [-0.25, -0.2) is 0 Å². The van der Waals surface area contributed by atoms with Gasteiger partial charge in [0.1, 0.15) is 23.4 Å². The smallest absolute Gasteiger partial charge is 0.127 e. The molecule has 2 unspecified atom stereocenters. The van der Waals surface area contributed by atoms with Crippen LogP contribution in [0, 0.1) is 5.41 Å². The maximum absolute atomic E-state index is 6.31. The summed E-state index contributed by atoms with van der Waals surface area (Å²) in [7, 11) is 5.39. The van der Waals surface area contributed by atoms with Gasteiger partial charge in [-0.05, 0) is 19.9 Å². The van der Waals surface area contributed by atoms with E-state index in [1.165, 1.54) is 25.7 Å². The highest BCUT2D eigenvalue weighted by molar-refractivity contribution is 5.42. The highest BCUT2D eigenvalue weighted by atomic mass is 16.5. The van der Waals surface area contributed by atoms with Crippen molar-refractivity contribution < 1.29 is 14.2 Å². The zero-order valence-electron chi connectivity index (χ0n) is 13.1. The second kappa shape index (κ2) is 5.76. The molecule has 0 aromatic heterocycles. The molecule has 1 N–H and O–H groups in total. The molecule has 116 valence electrons. The van der Waals surface area contributed by atoms with Gasteiger partial charge >= 0.3 is 0 Å². The molecule has 1 spiro atoms. The minimum atomic E-state index is 0.300. The van der Waals surface area contributed by atoms with Gasteiger partial charge in [-0.2, -0.15) is 0 Å². The number of benzene rings is 1. The molecule has 3 rings (SSSR count). The van der Waals surface area contributed by atoms with E-state index in [1.54, 1.807) is 14.2 Å². The highest BCUT2D eigenvalue weighted by Crippen LogP contribution is 2.54. The molecule has 0 heterocycles. The van der Waals surface area contributed by atoms with Crippen LogP contribution in [0.1, 0.15) is 32.1 Å². The van der Waals surface area contributed by atoms with Crippen LogP contribution in [0.5, 0.6) is 17.2 Å². The molecular weight excluding hydrogens is 266 g/mol. The Morgan fingerprint density at radius 2 is 1.57 bits per heavy atom. The molecule has 4 heteroatoms. The third-order valence-electron chi connectivity index (χ3n) is 5.27. The van der Waals surface area contributed by atoms with Crippen LogP contribution in [0.2, 0.25) is 0 Å². The van der Waals surface area contributed by atoms with Crippen LogP contribution in [0.4, 0.5) is 0 Å². The number of methoxy groups -OCH3 is 2. The lowest BCUT2D eigenvalue weighted by molar-refractivity contribution is -0.0737. The van der Waals surface area contributed by atoms with Crippen molar-refractivity contribution in [3.8, 4) is 17.2 Å². The van der Waals surface area contributed by atoms with Gasteiger partial charge < -0.3 is 19.5 Å². The fourth-order valence-corrected chi connectivity index (χ4v) is 4.04. The molecule has 0 radical (unpaired) electrons. The summed E-state index contributed by atoms with van der Waals surface area (Å²) in [6.45, 7) is 0. The standard InChI is InChI=1S/C17H25NO3/c1-18-15-11-16(17(15)6-4-5-7-17)21-14-9-12(19-2)8-13(10-14)20-3/h8-10,15-16,18H,4-7,11H2,1-3H3. The maximum Gasteiger partial charge on any atom is 0.127 e. The quantitative estimate of drug-likeness (QED) is 0.905. The lowest BCUT2D eigenvalue weighted by atomic mass is 9.60. The van der Waals surface area contributed by atoms with Gasteiger partial charge in [0, 0.05) is 36.1 Å². The SMILES string of the molecule is CNC1CC(Oc2cc(OC)cc(OC)c2)C12CCCC2. The van der Waals surface area contributed by atoms with E-state index in [9.17, 15) is 0 Å². The fraction of sp³-hybridized carbons (Fsp3) is 0.647. The van der Waals surface area contributed by atoms with Crippen LogP contribution < -0.4 is 19.5 Å². The summed E-state index contributed by atoms with van der Waals surface area (Å²) in [5, 5.41) is 3.47. The molecule has 0 saturated heterocycles. The molecule has 2 saturated carbocycles. The van der Waals surface area contributed by atoms with Crippen molar-refractivity contribution in [3.05, 3.63) is 18.2 Å². The van der Waals surface area contributed by atoms with Crippen LogP contribution >= 0.6 is 0 Å². The molecule has 2 aliphatic rings. The monoisotopic (exact) mass is 291 g/mol. The average Bonchev–Trinajstić information content (AvgIpc) is 3.03. The van der Waals surface area contributed by atoms with E-state index in [1.807, 2.05) is 18.2 Å². The second-order valence-electron chi connectivity index (χ2n) is 6.17. The number of hydrogen-bond acceptors (Lipinski definition) is 4. The summed E-state index contributed by atoms with van der Waals surface area (Å²) in [4.78, 5) is 0. The Balaban J connectivity index is 1.77. The predicted octanol–water partition coefficient (Wildman–Crippen LogP) is 3.00. The lowest BCUT2D eigenvalue weighted by Gasteiger charge is -2.53. The van der Waals surface area contributed by atoms with E-state index in [4.69, 9.17) is 14.2 Å². The Hall–Kier alpha value is -1.42. The first-order valence-electron chi connectivity index (χ1n) is 7.79. The Bertz CT molecular complexity index is 475. The Kier molecular flexibility index (Phi) is 3.98. The van der Waals surface area contributed by atoms with Gasteiger partial charge in [0.25, 0.3) is 0 Å². The number of hydrogen-bond donors (Lipinski definition) is 1. The Morgan fingerprint density at radius 1 is 1.00 bits per heavy atom. The summed E-state index contributed by atoms with van der Waals surface area (Å²) in [5.41, 5.74) is 0.324. The van der Waals surface area contributed by atoms with Crippen molar-refractivity contribution in [2.45, 2.75) is 44.2 Å². The zero-order chi connectivity index (χ0) is 14.9. The van der Waals surface area contributed by atoms with Gasteiger partial charge in [0.05, 0.1) is 14.2 Å². The Labute approximate surface area is 126 Å². The van der Waals surface area contributed by atoms with Gasteiger partial charge in [-0.3, -0.25) is 0 Å². The van der Waals surface area contributed by atoms with Crippen molar-refractivity contribution in [2.75, 3.05) is 21.3 Å². The minimum absolute atomic E-state index is 0.300. The number of nitrogens with one attached hydrogen (secondary N) is 1. The molecule has 2 atom stereocenters. The first kappa shape index (κ1) is 14.5. The minimum Gasteiger partial charge on any atom is -0.496 e. The Morgan fingerprint density at radius 3 is 2.10 bits per heavy atom. The molecule has 2 aliphatic carbocycles. The molecule has 21 heavy (non-hydrogen) atoms. The van der Waals surface area contributed by atoms with Gasteiger partial charge in [0.15, 0.2) is 0 Å². The fourth-order valence-electron chi connectivity index (χ4n) is 4.04. The van der Waals surface area contributed by atoms with Crippen molar-refractivity contribution in [3.63, 3.8) is 0 Å². The summed E-state index contributed by atoms with van der Waals surface area (Å²) in [5.74, 6) is 2.39. The van der Waals surface area contributed by atoms with Gasteiger partial charge in [-0.1, -0.05) is 12.8 Å². The van der Waals surface area contributed by atoms with Gasteiger partial charge in [-0.15, -0.1) is 0 Å². The summed E-state index contributed by atoms with van der Waals surface area (Å²) >= 11 is 0. The summed E-state index contributed by atoms with van der Waals surface area (Å²) in [6, 6.07) is 6.35. The molecule has 0 amide bonds. The third-order valence-corrected chi connectivity index (χ3v) is 5.27. The zero-order valence-corrected chi connectivity index (χ0v) is 13.1. The molecule has 0 aliphatic heterocycles. The van der Waals surface area contributed by atoms with E-state index in [0.29, 0.717) is 17.6 Å². The van der Waals surface area contributed by atoms with Crippen LogP contribution in [0.3, 0.4) is 0 Å². The number of ether oxygens (including phenoxy) is 3. The highest BCUT2D eigenvalue weighted by Gasteiger charge is 2.57. The average molecular weight is 291 g/mol. The molecule has 1 aromatic rings. The summed E-state index contributed by atoms with van der Waals surface area (Å²) in [6.07, 6.45) is 6.55. The van der Waals surface area contributed by atoms with Gasteiger partial charge in [0.2, 0.25) is 0 Å². The van der Waals surface area contributed by atoms with Crippen molar-refractivity contribution in [1.29, 1.82) is 0 Å².